The van der Waals surface area contributed by atoms with E-state index in [1.165, 1.54) is 192 Å². The molecule has 0 aromatic rings. The number of ether oxygens (including phenoxy) is 2. The summed E-state index contributed by atoms with van der Waals surface area (Å²) in [5.74, 6) is 3.57. The van der Waals surface area contributed by atoms with Crippen LogP contribution in [0.5, 0.6) is 0 Å². The molecule has 56 heavy (non-hydrogen) atoms. The minimum atomic E-state index is -1.25. The molecule has 0 saturated carbocycles. The summed E-state index contributed by atoms with van der Waals surface area (Å²) in [4.78, 5) is 25.5. The molecule has 0 bridgehead atoms. The van der Waals surface area contributed by atoms with Crippen molar-refractivity contribution in [2.75, 3.05) is 48.6 Å². The van der Waals surface area contributed by atoms with Crippen LogP contribution in [0.15, 0.2) is 0 Å². The Hall–Kier alpha value is -0.0900. The number of hydrogen-bond acceptors (Lipinski definition) is 9. The van der Waals surface area contributed by atoms with Gasteiger partial charge in [-0.2, -0.15) is 23.5 Å². The Labute approximate surface area is 360 Å². The molecule has 1 unspecified atom stereocenters. The molecular formula is C47H92O6S3. The van der Waals surface area contributed by atoms with E-state index in [2.05, 4.69) is 20.8 Å². The first-order valence-electron chi connectivity index (χ1n) is 23.8. The van der Waals surface area contributed by atoms with Crippen LogP contribution in [0.4, 0.5) is 0 Å². The highest BCUT2D eigenvalue weighted by atomic mass is 32.2. The van der Waals surface area contributed by atoms with Gasteiger partial charge in [0.1, 0.15) is 18.6 Å². The summed E-state index contributed by atoms with van der Waals surface area (Å²) in [7, 11) is 0. The van der Waals surface area contributed by atoms with Gasteiger partial charge in [0.2, 0.25) is 0 Å². The van der Waals surface area contributed by atoms with Gasteiger partial charge < -0.3 is 19.7 Å². The summed E-state index contributed by atoms with van der Waals surface area (Å²) in [6.07, 6.45) is 39.4. The summed E-state index contributed by atoms with van der Waals surface area (Å²) in [6, 6.07) is 0. The highest BCUT2D eigenvalue weighted by Gasteiger charge is 2.41. The molecule has 0 aliphatic rings. The minimum absolute atomic E-state index is 0.168. The second-order valence-electron chi connectivity index (χ2n) is 16.3. The smallest absolute Gasteiger partial charge is 0.306 e. The summed E-state index contributed by atoms with van der Waals surface area (Å²) in [5, 5.41) is 21.9. The SMILES string of the molecule is CCCCCCCCCCCCSCCC(=O)OCC(CO)(COC(=O)CCSCCCCCCCCCCCC)C(O)SCCCCCCCCCCCC. The van der Waals surface area contributed by atoms with Gasteiger partial charge in [0.25, 0.3) is 0 Å². The molecule has 0 aliphatic carbocycles. The van der Waals surface area contributed by atoms with Crippen molar-refractivity contribution in [2.45, 2.75) is 232 Å². The van der Waals surface area contributed by atoms with Crippen LogP contribution < -0.4 is 0 Å². The lowest BCUT2D eigenvalue weighted by atomic mass is 9.92. The van der Waals surface area contributed by atoms with Crippen molar-refractivity contribution in [2.24, 2.45) is 5.41 Å². The third-order valence-electron chi connectivity index (χ3n) is 10.8. The fraction of sp³-hybridized carbons (Fsp3) is 0.957. The quantitative estimate of drug-likeness (QED) is 0.0353. The first-order valence-corrected chi connectivity index (χ1v) is 27.2. The van der Waals surface area contributed by atoms with E-state index in [9.17, 15) is 19.8 Å². The van der Waals surface area contributed by atoms with Crippen LogP contribution in [-0.2, 0) is 19.1 Å². The zero-order valence-electron chi connectivity index (χ0n) is 37.1. The van der Waals surface area contributed by atoms with Crippen molar-refractivity contribution in [3.8, 4) is 0 Å². The van der Waals surface area contributed by atoms with Crippen molar-refractivity contribution in [3.05, 3.63) is 0 Å². The molecule has 1 atom stereocenters. The molecule has 0 aromatic carbocycles. The summed E-state index contributed by atoms with van der Waals surface area (Å²) in [6.45, 7) is 6.01. The third-order valence-corrected chi connectivity index (χ3v) is 14.3. The predicted molar refractivity (Wildman–Crippen MR) is 249 cm³/mol. The maximum Gasteiger partial charge on any atom is 0.306 e. The molecule has 0 fully saturated rings. The minimum Gasteiger partial charge on any atom is -0.465 e. The van der Waals surface area contributed by atoms with Gasteiger partial charge >= 0.3 is 11.9 Å². The van der Waals surface area contributed by atoms with E-state index in [-0.39, 0.29) is 25.2 Å². The molecular weight excluding hydrogens is 757 g/mol. The molecule has 0 radical (unpaired) electrons. The van der Waals surface area contributed by atoms with E-state index in [0.29, 0.717) is 24.3 Å². The summed E-state index contributed by atoms with van der Waals surface area (Å²) < 4.78 is 11.3. The lowest BCUT2D eigenvalue weighted by molar-refractivity contribution is -0.160. The van der Waals surface area contributed by atoms with Gasteiger partial charge in [-0.05, 0) is 36.5 Å². The maximum absolute atomic E-state index is 12.8. The molecule has 9 heteroatoms. The number of esters is 2. The van der Waals surface area contributed by atoms with E-state index in [1.807, 2.05) is 0 Å². The van der Waals surface area contributed by atoms with E-state index < -0.39 is 17.5 Å². The van der Waals surface area contributed by atoms with Crippen molar-refractivity contribution >= 4 is 47.2 Å². The van der Waals surface area contributed by atoms with Gasteiger partial charge in [0.15, 0.2) is 0 Å². The molecule has 2 N–H and O–H groups in total. The zero-order valence-corrected chi connectivity index (χ0v) is 39.6. The van der Waals surface area contributed by atoms with Crippen LogP contribution >= 0.6 is 35.3 Å². The van der Waals surface area contributed by atoms with E-state index in [0.717, 1.165) is 30.1 Å². The molecule has 0 heterocycles. The maximum atomic E-state index is 12.8. The second kappa shape index (κ2) is 44.5. The van der Waals surface area contributed by atoms with Crippen molar-refractivity contribution in [3.63, 3.8) is 0 Å². The van der Waals surface area contributed by atoms with Gasteiger partial charge in [-0.3, -0.25) is 9.59 Å². The average molecular weight is 849 g/mol. The highest BCUT2D eigenvalue weighted by Crippen LogP contribution is 2.32. The van der Waals surface area contributed by atoms with Gasteiger partial charge in [0.05, 0.1) is 24.9 Å². The standard InChI is InChI=1S/C47H92O6S3/c1-4-7-10-13-16-19-22-25-28-31-36-54-39-34-44(49)52-42-47(41-48,46(51)56-38-33-30-27-24-21-18-15-12-9-6-3)43-53-45(50)35-40-55-37-32-29-26-23-20-17-14-11-8-5-2/h46,48,51H,4-43H2,1-3H3. The topological polar surface area (TPSA) is 93.1 Å². The van der Waals surface area contributed by atoms with Crippen LogP contribution in [-0.4, -0.2) is 76.2 Å². The Balaban J connectivity index is 4.57. The van der Waals surface area contributed by atoms with Crippen molar-refractivity contribution in [1.29, 1.82) is 0 Å². The van der Waals surface area contributed by atoms with Crippen LogP contribution in [0.2, 0.25) is 0 Å². The van der Waals surface area contributed by atoms with Gasteiger partial charge in [0, 0.05) is 11.5 Å². The normalized spacial score (nSPS) is 12.3. The van der Waals surface area contributed by atoms with Crippen LogP contribution in [0, 0.1) is 5.41 Å². The monoisotopic (exact) mass is 849 g/mol. The van der Waals surface area contributed by atoms with Gasteiger partial charge in [-0.25, -0.2) is 0 Å². The first-order chi connectivity index (χ1) is 27.5. The number of hydrogen-bond donors (Lipinski definition) is 2. The average Bonchev–Trinajstić information content (AvgIpc) is 3.20. The lowest BCUT2D eigenvalue weighted by Gasteiger charge is -2.34. The van der Waals surface area contributed by atoms with Crippen molar-refractivity contribution < 1.29 is 29.3 Å². The van der Waals surface area contributed by atoms with E-state index in [1.54, 1.807) is 23.5 Å². The molecule has 334 valence electrons. The van der Waals surface area contributed by atoms with Crippen LogP contribution in [0.25, 0.3) is 0 Å². The zero-order chi connectivity index (χ0) is 41.1. The molecule has 0 saturated heterocycles. The highest BCUT2D eigenvalue weighted by molar-refractivity contribution is 7.99. The first kappa shape index (κ1) is 55.9. The van der Waals surface area contributed by atoms with Gasteiger partial charge in [-0.1, -0.05) is 194 Å². The number of rotatable bonds is 46. The Morgan fingerprint density at radius 2 is 0.732 bits per heavy atom. The third kappa shape index (κ3) is 36.9. The van der Waals surface area contributed by atoms with E-state index in [4.69, 9.17) is 9.47 Å². The van der Waals surface area contributed by atoms with Crippen molar-refractivity contribution in [1.82, 2.24) is 0 Å². The second-order valence-corrected chi connectivity index (χ2v) is 20.0. The fourth-order valence-corrected chi connectivity index (χ4v) is 9.81. The van der Waals surface area contributed by atoms with Crippen LogP contribution in [0.1, 0.15) is 226 Å². The molecule has 0 spiro atoms. The molecule has 0 aromatic heterocycles. The summed E-state index contributed by atoms with van der Waals surface area (Å²) >= 11 is 4.94. The molecule has 6 nitrogen and oxygen atoms in total. The summed E-state index contributed by atoms with van der Waals surface area (Å²) in [5.41, 5.74) is -2.26. The largest absolute Gasteiger partial charge is 0.465 e. The lowest BCUT2D eigenvalue weighted by Crippen LogP contribution is -2.46. The number of aliphatic hydroxyl groups is 2. The van der Waals surface area contributed by atoms with Crippen LogP contribution in [0.3, 0.4) is 0 Å². The Bertz CT molecular complexity index is 786. The fourth-order valence-electron chi connectivity index (χ4n) is 6.81. The molecule has 0 aliphatic heterocycles. The predicted octanol–water partition coefficient (Wildman–Crippen LogP) is 14.1. The number of aliphatic hydroxyl groups excluding tert-OH is 2. The van der Waals surface area contributed by atoms with E-state index >= 15 is 0 Å². The number of carbonyl (C=O) groups excluding carboxylic acids is 2. The number of thioether (sulfide) groups is 3. The Morgan fingerprint density at radius 1 is 0.446 bits per heavy atom. The molecule has 0 rings (SSSR count). The molecule has 0 amide bonds. The number of unbranched alkanes of at least 4 members (excludes halogenated alkanes) is 27. The number of carbonyl (C=O) groups is 2. The Morgan fingerprint density at radius 3 is 1.04 bits per heavy atom. The van der Waals surface area contributed by atoms with Gasteiger partial charge in [-0.15, -0.1) is 11.8 Å². The Kier molecular flexibility index (Phi) is 44.4.